The molecule has 0 saturated heterocycles. The number of hydrogen-bond acceptors (Lipinski definition) is 2. The van der Waals surface area contributed by atoms with Gasteiger partial charge in [0.1, 0.15) is 0 Å². The summed E-state index contributed by atoms with van der Waals surface area (Å²) in [7, 11) is -5.24. The zero-order chi connectivity index (χ0) is 14.2. The van der Waals surface area contributed by atoms with E-state index in [4.69, 9.17) is 0 Å². The zero-order valence-electron chi connectivity index (χ0n) is 10.4. The summed E-state index contributed by atoms with van der Waals surface area (Å²) in [6.07, 6.45) is 0.666. The molecule has 0 saturated carbocycles. The molecule has 0 atom stereocenters. The van der Waals surface area contributed by atoms with Crippen molar-refractivity contribution in [2.24, 2.45) is 5.41 Å². The van der Waals surface area contributed by atoms with E-state index >= 15 is 0 Å². The second-order valence-corrected chi connectivity index (χ2v) is 7.27. The van der Waals surface area contributed by atoms with Gasteiger partial charge in [0.25, 0.3) is 9.84 Å². The van der Waals surface area contributed by atoms with Crippen LogP contribution in [0.3, 0.4) is 0 Å². The largest absolute Gasteiger partial charge is 0.501 e. The number of benzene rings is 1. The maximum atomic E-state index is 12.3. The third-order valence-corrected chi connectivity index (χ3v) is 3.78. The predicted octanol–water partition coefficient (Wildman–Crippen LogP) is 3.57. The quantitative estimate of drug-likeness (QED) is 0.830. The van der Waals surface area contributed by atoms with Gasteiger partial charge in [-0.2, -0.15) is 13.2 Å². The highest BCUT2D eigenvalue weighted by Gasteiger charge is 2.46. The number of rotatable bonds is 2. The van der Waals surface area contributed by atoms with Crippen LogP contribution in [0.15, 0.2) is 29.2 Å². The molecule has 0 aliphatic heterocycles. The number of hydrogen-bond donors (Lipinski definition) is 0. The molecule has 102 valence electrons. The molecule has 0 radical (unpaired) electrons. The first-order chi connectivity index (χ1) is 7.93. The molecule has 0 spiro atoms. The highest BCUT2D eigenvalue weighted by molar-refractivity contribution is 7.92. The summed E-state index contributed by atoms with van der Waals surface area (Å²) in [5.41, 5.74) is -4.45. The van der Waals surface area contributed by atoms with E-state index in [1.54, 1.807) is 0 Å². The lowest BCUT2D eigenvalue weighted by molar-refractivity contribution is -0.0436. The molecule has 1 rings (SSSR count). The van der Waals surface area contributed by atoms with Crippen LogP contribution in [0.1, 0.15) is 26.3 Å². The molecule has 0 heterocycles. The summed E-state index contributed by atoms with van der Waals surface area (Å²) in [6, 6.07) is 4.85. The molecule has 0 fully saturated rings. The summed E-state index contributed by atoms with van der Waals surface area (Å²) in [6.45, 7) is 5.98. The third-order valence-electron chi connectivity index (χ3n) is 2.27. The Balaban J connectivity index is 3.05. The van der Waals surface area contributed by atoms with Crippen molar-refractivity contribution in [2.75, 3.05) is 0 Å². The second-order valence-electron chi connectivity index (χ2n) is 5.33. The summed E-state index contributed by atoms with van der Waals surface area (Å²) in [5, 5.41) is 0. The first-order valence-corrected chi connectivity index (χ1v) is 6.82. The van der Waals surface area contributed by atoms with Gasteiger partial charge in [-0.15, -0.1) is 0 Å². The Hall–Kier alpha value is -1.04. The molecule has 1 aromatic carbocycles. The Labute approximate surface area is 105 Å². The Bertz CT molecular complexity index is 508. The molecular weight excluding hydrogens is 265 g/mol. The monoisotopic (exact) mass is 280 g/mol. The number of halogens is 3. The van der Waals surface area contributed by atoms with Gasteiger partial charge in [0, 0.05) is 0 Å². The molecule has 1 aromatic rings. The van der Waals surface area contributed by atoms with Gasteiger partial charge in [0.15, 0.2) is 0 Å². The topological polar surface area (TPSA) is 34.1 Å². The molecule has 0 unspecified atom stereocenters. The summed E-state index contributed by atoms with van der Waals surface area (Å²) in [5.74, 6) is 0. The molecule has 0 aliphatic carbocycles. The average Bonchev–Trinajstić information content (AvgIpc) is 2.14. The highest BCUT2D eigenvalue weighted by atomic mass is 32.2. The zero-order valence-corrected chi connectivity index (χ0v) is 11.2. The first-order valence-electron chi connectivity index (χ1n) is 5.34. The van der Waals surface area contributed by atoms with Crippen molar-refractivity contribution in [1.29, 1.82) is 0 Å². The second kappa shape index (κ2) is 4.57. The maximum absolute atomic E-state index is 12.3. The lowest BCUT2D eigenvalue weighted by atomic mass is 9.88. The van der Waals surface area contributed by atoms with Gasteiger partial charge < -0.3 is 0 Å². The summed E-state index contributed by atoms with van der Waals surface area (Å²) in [4.78, 5) is -0.715. The lowest BCUT2D eigenvalue weighted by Gasteiger charge is -2.18. The van der Waals surface area contributed by atoms with Crippen LogP contribution in [-0.4, -0.2) is 13.9 Å². The van der Waals surface area contributed by atoms with E-state index in [2.05, 4.69) is 0 Å². The lowest BCUT2D eigenvalue weighted by Crippen LogP contribution is -2.23. The van der Waals surface area contributed by atoms with E-state index in [0.29, 0.717) is 6.42 Å². The molecular formula is C12H15F3O2S. The van der Waals surface area contributed by atoms with E-state index in [1.807, 2.05) is 20.8 Å². The van der Waals surface area contributed by atoms with E-state index in [9.17, 15) is 21.6 Å². The fourth-order valence-electron chi connectivity index (χ4n) is 1.53. The van der Waals surface area contributed by atoms with Crippen molar-refractivity contribution in [1.82, 2.24) is 0 Å². The third kappa shape index (κ3) is 3.48. The fourth-order valence-corrected chi connectivity index (χ4v) is 2.29. The standard InChI is InChI=1S/C12H15F3O2S/c1-11(2,3)8-9-4-6-10(7-5-9)18(16,17)12(13,14)15/h4-7H,8H2,1-3H3. The van der Waals surface area contributed by atoms with Gasteiger partial charge in [-0.25, -0.2) is 8.42 Å². The fraction of sp³-hybridized carbons (Fsp3) is 0.500. The van der Waals surface area contributed by atoms with E-state index < -0.39 is 20.2 Å². The molecule has 0 aromatic heterocycles. The van der Waals surface area contributed by atoms with E-state index in [-0.39, 0.29) is 5.41 Å². The maximum Gasteiger partial charge on any atom is 0.501 e. The van der Waals surface area contributed by atoms with Crippen LogP contribution in [0, 0.1) is 5.41 Å². The molecule has 0 N–H and O–H groups in total. The van der Waals surface area contributed by atoms with Gasteiger partial charge in [-0.3, -0.25) is 0 Å². The van der Waals surface area contributed by atoms with Gasteiger partial charge in [-0.1, -0.05) is 32.9 Å². The van der Waals surface area contributed by atoms with Crippen molar-refractivity contribution >= 4 is 9.84 Å². The van der Waals surface area contributed by atoms with Crippen LogP contribution >= 0.6 is 0 Å². The SMILES string of the molecule is CC(C)(C)Cc1ccc(S(=O)(=O)C(F)(F)F)cc1. The van der Waals surface area contributed by atoms with Gasteiger partial charge in [0.05, 0.1) is 4.90 Å². The van der Waals surface area contributed by atoms with Crippen LogP contribution in [0.2, 0.25) is 0 Å². The average molecular weight is 280 g/mol. The van der Waals surface area contributed by atoms with Crippen LogP contribution in [0.5, 0.6) is 0 Å². The van der Waals surface area contributed by atoms with E-state index in [1.165, 1.54) is 12.1 Å². The minimum absolute atomic E-state index is 0.00951. The normalized spacial score (nSPS) is 13.7. The Morgan fingerprint density at radius 2 is 1.44 bits per heavy atom. The van der Waals surface area contributed by atoms with Crippen molar-refractivity contribution in [2.45, 2.75) is 37.6 Å². The van der Waals surface area contributed by atoms with Crippen LogP contribution in [0.4, 0.5) is 13.2 Å². The molecule has 0 aliphatic rings. The van der Waals surface area contributed by atoms with Gasteiger partial charge >= 0.3 is 5.51 Å². The van der Waals surface area contributed by atoms with Crippen molar-refractivity contribution < 1.29 is 21.6 Å². The van der Waals surface area contributed by atoms with Crippen LogP contribution < -0.4 is 0 Å². The molecule has 0 bridgehead atoms. The molecule has 6 heteroatoms. The number of sulfone groups is 1. The minimum Gasteiger partial charge on any atom is -0.214 e. The Morgan fingerprint density at radius 1 is 1.00 bits per heavy atom. The van der Waals surface area contributed by atoms with Gasteiger partial charge in [0.2, 0.25) is 0 Å². The molecule has 2 nitrogen and oxygen atoms in total. The molecule has 18 heavy (non-hydrogen) atoms. The minimum atomic E-state index is -5.25. The predicted molar refractivity (Wildman–Crippen MR) is 62.8 cm³/mol. The first kappa shape index (κ1) is 15.0. The van der Waals surface area contributed by atoms with Gasteiger partial charge in [-0.05, 0) is 29.5 Å². The van der Waals surface area contributed by atoms with Crippen LogP contribution in [0.25, 0.3) is 0 Å². The Morgan fingerprint density at radius 3 is 1.78 bits per heavy atom. The van der Waals surface area contributed by atoms with E-state index in [0.717, 1.165) is 17.7 Å². The Kier molecular flexibility index (Phi) is 3.81. The van der Waals surface area contributed by atoms with Crippen LogP contribution in [-0.2, 0) is 16.3 Å². The highest BCUT2D eigenvalue weighted by Crippen LogP contribution is 2.30. The molecule has 0 amide bonds. The number of alkyl halides is 3. The van der Waals surface area contributed by atoms with Crippen molar-refractivity contribution in [3.8, 4) is 0 Å². The summed E-state index contributed by atoms with van der Waals surface area (Å²) < 4.78 is 59.2. The van der Waals surface area contributed by atoms with Crippen molar-refractivity contribution in [3.63, 3.8) is 0 Å². The summed E-state index contributed by atoms with van der Waals surface area (Å²) >= 11 is 0. The van der Waals surface area contributed by atoms with Crippen molar-refractivity contribution in [3.05, 3.63) is 29.8 Å². The smallest absolute Gasteiger partial charge is 0.214 e.